The molecule has 0 spiro atoms. The molecule has 1 amide bonds. The third kappa shape index (κ3) is 3.60. The standard InChI is InChI=1S/C14H16F3NO3S/c1-2-22(20,21)12-8-18(9-12)13(19)7-10-4-3-5-11(6-10)14(15,16)17/h3-6,12H,2,7-9H2,1H3. The summed E-state index contributed by atoms with van der Waals surface area (Å²) in [5.74, 6) is -0.338. The van der Waals surface area contributed by atoms with E-state index in [-0.39, 0.29) is 36.7 Å². The van der Waals surface area contributed by atoms with E-state index >= 15 is 0 Å². The van der Waals surface area contributed by atoms with Crippen LogP contribution in [0.3, 0.4) is 0 Å². The first-order valence-electron chi connectivity index (χ1n) is 6.79. The molecule has 2 rings (SSSR count). The number of carbonyl (C=O) groups excluding carboxylic acids is 1. The molecule has 0 aromatic heterocycles. The lowest BCUT2D eigenvalue weighted by atomic mass is 10.1. The third-order valence-electron chi connectivity index (χ3n) is 3.72. The lowest BCUT2D eigenvalue weighted by molar-refractivity contribution is -0.138. The van der Waals surface area contributed by atoms with Crippen LogP contribution in [-0.2, 0) is 27.2 Å². The first kappa shape index (κ1) is 16.8. The molecule has 1 fully saturated rings. The van der Waals surface area contributed by atoms with Gasteiger partial charge >= 0.3 is 6.18 Å². The van der Waals surface area contributed by atoms with Crippen molar-refractivity contribution in [3.63, 3.8) is 0 Å². The molecular weight excluding hydrogens is 319 g/mol. The van der Waals surface area contributed by atoms with E-state index in [0.29, 0.717) is 0 Å². The van der Waals surface area contributed by atoms with Gasteiger partial charge in [-0.05, 0) is 11.6 Å². The largest absolute Gasteiger partial charge is 0.416 e. The summed E-state index contributed by atoms with van der Waals surface area (Å²) in [6.07, 6.45) is -4.61. The molecule has 0 aliphatic carbocycles. The van der Waals surface area contributed by atoms with Crippen LogP contribution in [0.2, 0.25) is 0 Å². The molecule has 1 aliphatic heterocycles. The molecule has 122 valence electrons. The van der Waals surface area contributed by atoms with Gasteiger partial charge in [-0.15, -0.1) is 0 Å². The minimum atomic E-state index is -4.45. The average Bonchev–Trinajstić information content (AvgIpc) is 2.36. The van der Waals surface area contributed by atoms with Crippen LogP contribution in [0.15, 0.2) is 24.3 Å². The van der Waals surface area contributed by atoms with Crippen LogP contribution in [0.5, 0.6) is 0 Å². The predicted octanol–water partition coefficient (Wildman–Crippen LogP) is 1.89. The van der Waals surface area contributed by atoms with E-state index in [2.05, 4.69) is 0 Å². The number of hydrogen-bond donors (Lipinski definition) is 0. The van der Waals surface area contributed by atoms with Gasteiger partial charge in [0.25, 0.3) is 0 Å². The van der Waals surface area contributed by atoms with Crippen molar-refractivity contribution >= 4 is 15.7 Å². The van der Waals surface area contributed by atoms with Gasteiger partial charge in [-0.25, -0.2) is 8.42 Å². The van der Waals surface area contributed by atoms with Crippen molar-refractivity contribution < 1.29 is 26.4 Å². The van der Waals surface area contributed by atoms with Crippen LogP contribution in [0.1, 0.15) is 18.1 Å². The summed E-state index contributed by atoms with van der Waals surface area (Å²) in [7, 11) is -3.17. The SMILES string of the molecule is CCS(=O)(=O)C1CN(C(=O)Cc2cccc(C(F)(F)F)c2)C1. The molecule has 0 unspecified atom stereocenters. The van der Waals surface area contributed by atoms with Crippen LogP contribution in [-0.4, -0.2) is 43.3 Å². The molecule has 1 aromatic carbocycles. The zero-order chi connectivity index (χ0) is 16.5. The van der Waals surface area contributed by atoms with Gasteiger partial charge in [0.1, 0.15) is 0 Å². The van der Waals surface area contributed by atoms with E-state index in [1.54, 1.807) is 6.92 Å². The summed E-state index contributed by atoms with van der Waals surface area (Å²) in [5, 5.41) is -0.553. The van der Waals surface area contributed by atoms with Crippen molar-refractivity contribution in [2.24, 2.45) is 0 Å². The normalized spacial score (nSPS) is 16.5. The van der Waals surface area contributed by atoms with Crippen LogP contribution in [0.4, 0.5) is 13.2 Å². The van der Waals surface area contributed by atoms with E-state index in [0.717, 1.165) is 12.1 Å². The van der Waals surface area contributed by atoms with Gasteiger partial charge in [0.2, 0.25) is 5.91 Å². The minimum Gasteiger partial charge on any atom is -0.340 e. The molecule has 1 aromatic rings. The molecule has 0 saturated carbocycles. The topological polar surface area (TPSA) is 54.5 Å². The fraction of sp³-hybridized carbons (Fsp3) is 0.500. The molecule has 1 aliphatic rings. The Labute approximate surface area is 126 Å². The van der Waals surface area contributed by atoms with Crippen molar-refractivity contribution in [2.75, 3.05) is 18.8 Å². The minimum absolute atomic E-state index is 0.0212. The Morgan fingerprint density at radius 1 is 1.32 bits per heavy atom. The number of amides is 1. The zero-order valence-corrected chi connectivity index (χ0v) is 12.7. The summed E-state index contributed by atoms with van der Waals surface area (Å²) >= 11 is 0. The number of nitrogens with zero attached hydrogens (tertiary/aromatic N) is 1. The number of carbonyl (C=O) groups is 1. The molecule has 0 bridgehead atoms. The lowest BCUT2D eigenvalue weighted by Gasteiger charge is -2.38. The molecule has 0 N–H and O–H groups in total. The van der Waals surface area contributed by atoms with Crippen molar-refractivity contribution in [1.29, 1.82) is 0 Å². The highest BCUT2D eigenvalue weighted by molar-refractivity contribution is 7.92. The van der Waals surface area contributed by atoms with Crippen molar-refractivity contribution in [3.8, 4) is 0 Å². The van der Waals surface area contributed by atoms with Gasteiger partial charge in [-0.1, -0.05) is 25.1 Å². The highest BCUT2D eigenvalue weighted by atomic mass is 32.2. The van der Waals surface area contributed by atoms with Gasteiger partial charge in [-0.2, -0.15) is 13.2 Å². The van der Waals surface area contributed by atoms with E-state index in [1.165, 1.54) is 17.0 Å². The molecule has 1 saturated heterocycles. The number of likely N-dealkylation sites (tertiary alicyclic amines) is 1. The Hall–Kier alpha value is -1.57. The van der Waals surface area contributed by atoms with E-state index in [4.69, 9.17) is 0 Å². The zero-order valence-electron chi connectivity index (χ0n) is 11.9. The Kier molecular flexibility index (Phi) is 4.51. The van der Waals surface area contributed by atoms with E-state index in [1.807, 2.05) is 0 Å². The van der Waals surface area contributed by atoms with Gasteiger partial charge in [-0.3, -0.25) is 4.79 Å². The molecule has 0 radical (unpaired) electrons. The van der Waals surface area contributed by atoms with Crippen LogP contribution >= 0.6 is 0 Å². The monoisotopic (exact) mass is 335 g/mol. The number of benzene rings is 1. The summed E-state index contributed by atoms with van der Waals surface area (Å²) in [5.41, 5.74) is -0.533. The van der Waals surface area contributed by atoms with Crippen molar-refractivity contribution in [3.05, 3.63) is 35.4 Å². The first-order valence-corrected chi connectivity index (χ1v) is 8.50. The van der Waals surface area contributed by atoms with E-state index < -0.39 is 26.8 Å². The Morgan fingerprint density at radius 3 is 2.50 bits per heavy atom. The van der Waals surface area contributed by atoms with Gasteiger partial charge in [0, 0.05) is 18.8 Å². The second-order valence-corrected chi connectivity index (χ2v) is 7.82. The first-order chi connectivity index (χ1) is 10.1. The maximum Gasteiger partial charge on any atom is 0.416 e. The number of sulfone groups is 1. The summed E-state index contributed by atoms with van der Waals surface area (Å²) in [6.45, 7) is 1.78. The molecular formula is C14H16F3NO3S. The Balaban J connectivity index is 1.97. The van der Waals surface area contributed by atoms with Gasteiger partial charge < -0.3 is 4.90 Å². The fourth-order valence-electron chi connectivity index (χ4n) is 2.25. The highest BCUT2D eigenvalue weighted by Crippen LogP contribution is 2.29. The predicted molar refractivity (Wildman–Crippen MR) is 75.0 cm³/mol. The van der Waals surface area contributed by atoms with Gasteiger partial charge in [0.15, 0.2) is 9.84 Å². The maximum absolute atomic E-state index is 12.6. The van der Waals surface area contributed by atoms with Crippen molar-refractivity contribution in [2.45, 2.75) is 24.8 Å². The number of hydrogen-bond acceptors (Lipinski definition) is 3. The molecule has 8 heteroatoms. The Morgan fingerprint density at radius 2 is 1.95 bits per heavy atom. The second kappa shape index (κ2) is 5.91. The third-order valence-corrected chi connectivity index (χ3v) is 5.84. The molecule has 1 heterocycles. The van der Waals surface area contributed by atoms with Gasteiger partial charge in [0.05, 0.1) is 17.2 Å². The number of halogens is 3. The van der Waals surface area contributed by atoms with Crippen LogP contribution in [0, 0.1) is 0 Å². The van der Waals surface area contributed by atoms with Crippen molar-refractivity contribution in [1.82, 2.24) is 4.90 Å². The molecule has 0 atom stereocenters. The summed E-state index contributed by atoms with van der Waals surface area (Å²) in [6, 6.07) is 4.60. The average molecular weight is 335 g/mol. The smallest absolute Gasteiger partial charge is 0.340 e. The summed E-state index contributed by atoms with van der Waals surface area (Å²) in [4.78, 5) is 13.3. The molecule has 4 nitrogen and oxygen atoms in total. The quantitative estimate of drug-likeness (QED) is 0.844. The number of rotatable bonds is 4. The maximum atomic E-state index is 12.6. The lowest BCUT2D eigenvalue weighted by Crippen LogP contribution is -2.57. The second-order valence-electron chi connectivity index (χ2n) is 5.25. The van der Waals surface area contributed by atoms with E-state index in [9.17, 15) is 26.4 Å². The summed E-state index contributed by atoms with van der Waals surface area (Å²) < 4.78 is 61.0. The van der Waals surface area contributed by atoms with Crippen LogP contribution in [0.25, 0.3) is 0 Å². The number of alkyl halides is 3. The Bertz CT molecular complexity index is 664. The fourth-order valence-corrected chi connectivity index (χ4v) is 3.53. The highest BCUT2D eigenvalue weighted by Gasteiger charge is 2.38. The van der Waals surface area contributed by atoms with Crippen LogP contribution < -0.4 is 0 Å². The molecule has 22 heavy (non-hydrogen) atoms.